The van der Waals surface area contributed by atoms with E-state index < -0.39 is 29.2 Å². The molecule has 1 amide bonds. The number of halogens is 4. The lowest BCUT2D eigenvalue weighted by Gasteiger charge is -2.42. The van der Waals surface area contributed by atoms with Crippen molar-refractivity contribution in [2.75, 3.05) is 50.5 Å². The first kappa shape index (κ1) is 29.0. The Bertz CT molecular complexity index is 1550. The Morgan fingerprint density at radius 2 is 1.88 bits per heavy atom. The van der Waals surface area contributed by atoms with Crippen molar-refractivity contribution in [1.29, 1.82) is 0 Å². The molecule has 0 spiro atoms. The fourth-order valence-electron chi connectivity index (χ4n) is 4.81. The highest BCUT2D eigenvalue weighted by atomic mass is 19.4. The summed E-state index contributed by atoms with van der Waals surface area (Å²) in [5.41, 5.74) is -0.946. The molecule has 2 N–H and O–H groups in total. The molecule has 5 rings (SSSR count). The minimum Gasteiger partial charge on any atom is -0.454 e. The highest BCUT2D eigenvalue weighted by molar-refractivity contribution is 6.05. The molecule has 1 saturated heterocycles. The number of carbonyl (C=O) groups excluding carboxylic acids is 1. The SMILES string of the molecule is CNC[C@@H]1CN(c2c(NC(=O)c3ccn(-c4ccnnc4)n3)ccc(Oc3ccccc3F)c2C(F)(F)F)CCN1C. The normalized spacial score (nSPS) is 16.0. The molecule has 2 aromatic carbocycles. The van der Waals surface area contributed by atoms with Crippen molar-refractivity contribution in [3.05, 3.63) is 84.2 Å². The molecule has 0 radical (unpaired) electrons. The molecule has 4 aromatic rings. The summed E-state index contributed by atoms with van der Waals surface area (Å²) in [5.74, 6) is -2.46. The average molecular weight is 585 g/mol. The van der Waals surface area contributed by atoms with Gasteiger partial charge in [0.2, 0.25) is 0 Å². The summed E-state index contributed by atoms with van der Waals surface area (Å²) in [7, 11) is 3.67. The minimum absolute atomic E-state index is 0.0237. The molecule has 1 aliphatic rings. The predicted molar refractivity (Wildman–Crippen MR) is 148 cm³/mol. The van der Waals surface area contributed by atoms with Crippen molar-refractivity contribution < 1.29 is 27.1 Å². The van der Waals surface area contributed by atoms with Crippen LogP contribution in [0.25, 0.3) is 5.69 Å². The van der Waals surface area contributed by atoms with E-state index >= 15 is 0 Å². The first-order valence-corrected chi connectivity index (χ1v) is 13.1. The van der Waals surface area contributed by atoms with Crippen LogP contribution in [0.15, 0.2) is 67.1 Å². The van der Waals surface area contributed by atoms with Gasteiger partial charge in [-0.1, -0.05) is 12.1 Å². The molecule has 3 heterocycles. The number of anilines is 2. The van der Waals surface area contributed by atoms with Crippen LogP contribution in [0.3, 0.4) is 0 Å². The Kier molecular flexibility index (Phi) is 8.36. The van der Waals surface area contributed by atoms with Gasteiger partial charge in [-0.15, -0.1) is 0 Å². The van der Waals surface area contributed by atoms with E-state index in [1.54, 1.807) is 18.0 Å². The largest absolute Gasteiger partial charge is 0.454 e. The molecule has 1 aliphatic heterocycles. The fourth-order valence-corrected chi connectivity index (χ4v) is 4.81. The Morgan fingerprint density at radius 1 is 1.07 bits per heavy atom. The maximum absolute atomic E-state index is 14.9. The van der Waals surface area contributed by atoms with E-state index in [0.29, 0.717) is 18.8 Å². The van der Waals surface area contributed by atoms with Crippen molar-refractivity contribution in [2.45, 2.75) is 12.2 Å². The van der Waals surface area contributed by atoms with Gasteiger partial charge in [0.1, 0.15) is 11.3 Å². The van der Waals surface area contributed by atoms with Crippen LogP contribution in [0.1, 0.15) is 16.1 Å². The number of piperazine rings is 1. The standard InChI is InChI=1S/C28H28F4N8O2/c1-33-15-19-17-39(14-13-38(19)2)26-21(36-27(41)22-10-12-40(37-22)18-9-11-34-35-16-18)7-8-24(25(26)28(30,31)32)42-23-6-4-3-5-20(23)29/h3-12,16,19,33H,13-15,17H2,1-2H3,(H,36,41)/t19-/m1/s1. The summed E-state index contributed by atoms with van der Waals surface area (Å²) in [6.45, 7) is 1.48. The van der Waals surface area contributed by atoms with Crippen molar-refractivity contribution in [1.82, 2.24) is 30.2 Å². The fraction of sp³-hybridized carbons (Fsp3) is 0.286. The smallest absolute Gasteiger partial charge is 0.422 e. The van der Waals surface area contributed by atoms with Crippen LogP contribution >= 0.6 is 0 Å². The molecule has 1 fully saturated rings. The highest BCUT2D eigenvalue weighted by Crippen LogP contribution is 2.48. The van der Waals surface area contributed by atoms with Crippen LogP contribution in [0.5, 0.6) is 11.5 Å². The zero-order valence-corrected chi connectivity index (χ0v) is 22.8. The number of hydrogen-bond acceptors (Lipinski definition) is 8. The van der Waals surface area contributed by atoms with Crippen molar-refractivity contribution in [3.63, 3.8) is 0 Å². The number of ether oxygens (including phenoxy) is 1. The summed E-state index contributed by atoms with van der Waals surface area (Å²) in [6.07, 6.45) is -0.466. The van der Waals surface area contributed by atoms with Gasteiger partial charge in [0.15, 0.2) is 17.3 Å². The summed E-state index contributed by atoms with van der Waals surface area (Å²) in [5, 5.41) is 17.4. The van der Waals surface area contributed by atoms with Gasteiger partial charge in [0.25, 0.3) is 5.91 Å². The lowest BCUT2D eigenvalue weighted by Crippen LogP contribution is -2.55. The predicted octanol–water partition coefficient (Wildman–Crippen LogP) is 4.20. The molecule has 10 nitrogen and oxygen atoms in total. The number of benzene rings is 2. The number of aromatic nitrogens is 4. The van der Waals surface area contributed by atoms with Crippen molar-refractivity contribution in [3.8, 4) is 17.2 Å². The number of amides is 1. The van der Waals surface area contributed by atoms with Crippen LogP contribution in [-0.2, 0) is 6.18 Å². The molecular weight excluding hydrogens is 556 g/mol. The lowest BCUT2D eigenvalue weighted by atomic mass is 10.0. The van der Waals surface area contributed by atoms with Gasteiger partial charge in [-0.05, 0) is 50.5 Å². The highest BCUT2D eigenvalue weighted by Gasteiger charge is 2.42. The van der Waals surface area contributed by atoms with Gasteiger partial charge >= 0.3 is 6.18 Å². The number of hydrogen-bond donors (Lipinski definition) is 2. The number of nitrogens with one attached hydrogen (secondary N) is 2. The third-order valence-electron chi connectivity index (χ3n) is 6.92. The second-order valence-corrected chi connectivity index (χ2v) is 9.70. The van der Waals surface area contributed by atoms with Gasteiger partial charge in [0.05, 0.1) is 29.5 Å². The molecule has 1 atom stereocenters. The zero-order valence-electron chi connectivity index (χ0n) is 22.8. The Morgan fingerprint density at radius 3 is 2.60 bits per heavy atom. The molecule has 42 heavy (non-hydrogen) atoms. The van der Waals surface area contributed by atoms with Gasteiger partial charge < -0.3 is 20.3 Å². The van der Waals surface area contributed by atoms with Crippen molar-refractivity contribution in [2.24, 2.45) is 0 Å². The van der Waals surface area contributed by atoms with E-state index in [1.165, 1.54) is 53.6 Å². The Balaban J connectivity index is 1.57. The summed E-state index contributed by atoms with van der Waals surface area (Å²) >= 11 is 0. The minimum atomic E-state index is -4.91. The summed E-state index contributed by atoms with van der Waals surface area (Å²) < 4.78 is 65.9. The molecule has 0 aliphatic carbocycles. The number of likely N-dealkylation sites (N-methyl/N-ethyl adjacent to an activating group) is 2. The first-order chi connectivity index (χ1) is 20.2. The average Bonchev–Trinajstić information content (AvgIpc) is 3.47. The van der Waals surface area contributed by atoms with Gasteiger partial charge in [-0.3, -0.25) is 9.69 Å². The molecule has 0 unspecified atom stereocenters. The molecule has 0 saturated carbocycles. The number of para-hydroxylation sites is 1. The zero-order chi connectivity index (χ0) is 29.9. The van der Waals surface area contributed by atoms with E-state index in [1.807, 2.05) is 7.05 Å². The van der Waals surface area contributed by atoms with Gasteiger partial charge in [-0.2, -0.15) is 28.5 Å². The maximum atomic E-state index is 14.9. The van der Waals surface area contributed by atoms with Crippen molar-refractivity contribution >= 4 is 17.3 Å². The number of nitrogens with zero attached hydrogens (tertiary/aromatic N) is 6. The molecule has 0 bridgehead atoms. The van der Waals surface area contributed by atoms with E-state index in [2.05, 4.69) is 30.8 Å². The van der Waals surface area contributed by atoms with Crippen LogP contribution in [-0.4, -0.2) is 77.1 Å². The van der Waals surface area contributed by atoms with Gasteiger partial charge in [-0.25, -0.2) is 9.07 Å². The second-order valence-electron chi connectivity index (χ2n) is 9.70. The lowest BCUT2D eigenvalue weighted by molar-refractivity contribution is -0.138. The third kappa shape index (κ3) is 6.19. The second kappa shape index (κ2) is 12.1. The molecule has 2 aromatic heterocycles. The maximum Gasteiger partial charge on any atom is 0.422 e. The van der Waals surface area contributed by atoms with E-state index in [0.717, 1.165) is 12.1 Å². The monoisotopic (exact) mass is 584 g/mol. The van der Waals surface area contributed by atoms with E-state index in [9.17, 15) is 22.4 Å². The summed E-state index contributed by atoms with van der Waals surface area (Å²) in [4.78, 5) is 16.9. The van der Waals surface area contributed by atoms with E-state index in [-0.39, 0.29) is 41.9 Å². The van der Waals surface area contributed by atoms with Crippen LogP contribution in [0.2, 0.25) is 0 Å². The van der Waals surface area contributed by atoms with Crippen LogP contribution in [0.4, 0.5) is 28.9 Å². The number of carbonyl (C=O) groups is 1. The third-order valence-corrected chi connectivity index (χ3v) is 6.92. The van der Waals surface area contributed by atoms with Gasteiger partial charge in [0, 0.05) is 38.4 Å². The molecule has 14 heteroatoms. The van der Waals surface area contributed by atoms with E-state index in [4.69, 9.17) is 4.74 Å². The Labute approximate surface area is 238 Å². The number of rotatable bonds is 8. The van der Waals surface area contributed by atoms with Crippen LogP contribution < -0.4 is 20.3 Å². The molecular formula is C28H28F4N8O2. The van der Waals surface area contributed by atoms with Crippen LogP contribution in [0, 0.1) is 5.82 Å². The molecule has 220 valence electrons. The number of alkyl halides is 3. The topological polar surface area (TPSA) is 100 Å². The quantitative estimate of drug-likeness (QED) is 0.298. The first-order valence-electron chi connectivity index (χ1n) is 13.1. The summed E-state index contributed by atoms with van der Waals surface area (Å²) in [6, 6.07) is 10.6. The Hall–Kier alpha value is -4.56.